The Morgan fingerprint density at radius 2 is 1.95 bits per heavy atom. The van der Waals surface area contributed by atoms with Crippen LogP contribution in [0.1, 0.15) is 84.5 Å². The smallest absolute Gasteiger partial charge is 0.0697 e. The normalized spacial score (nSPS) is 27.8. The molecular weight excluding hydrogens is 234 g/mol. The molecule has 0 aromatic carbocycles. The Balaban J connectivity index is 1.82. The standard InChI is InChI=1S/C17H33NO/c1-3-5-9-15(8-4-2)18-16-10-13-19-17(14-16)11-6-7-12-17/h15-16,18H,3-14H2,1-2H3. The van der Waals surface area contributed by atoms with E-state index in [0.29, 0.717) is 6.04 Å². The molecule has 2 nitrogen and oxygen atoms in total. The van der Waals surface area contributed by atoms with Crippen molar-refractivity contribution in [1.82, 2.24) is 5.32 Å². The molecule has 2 atom stereocenters. The first-order chi connectivity index (χ1) is 9.28. The molecule has 0 bridgehead atoms. The van der Waals surface area contributed by atoms with Crippen LogP contribution in [0.4, 0.5) is 0 Å². The van der Waals surface area contributed by atoms with Crippen LogP contribution in [0.15, 0.2) is 0 Å². The highest BCUT2D eigenvalue weighted by molar-refractivity contribution is 4.94. The van der Waals surface area contributed by atoms with Gasteiger partial charge in [-0.05, 0) is 38.5 Å². The minimum Gasteiger partial charge on any atom is -0.375 e. The second kappa shape index (κ2) is 7.64. The Hall–Kier alpha value is -0.0800. The molecule has 1 N–H and O–H groups in total. The van der Waals surface area contributed by atoms with Crippen molar-refractivity contribution in [3.8, 4) is 0 Å². The van der Waals surface area contributed by atoms with Crippen molar-refractivity contribution in [1.29, 1.82) is 0 Å². The number of ether oxygens (including phenoxy) is 1. The van der Waals surface area contributed by atoms with Crippen LogP contribution in [0.3, 0.4) is 0 Å². The van der Waals surface area contributed by atoms with Crippen molar-refractivity contribution in [3.05, 3.63) is 0 Å². The maximum Gasteiger partial charge on any atom is 0.0697 e. The molecule has 2 rings (SSSR count). The molecule has 0 amide bonds. The fourth-order valence-electron chi connectivity index (χ4n) is 3.98. The Labute approximate surface area is 119 Å². The molecule has 1 heterocycles. The molecule has 0 aromatic heterocycles. The first kappa shape index (κ1) is 15.3. The van der Waals surface area contributed by atoms with E-state index >= 15 is 0 Å². The summed E-state index contributed by atoms with van der Waals surface area (Å²) in [4.78, 5) is 0. The van der Waals surface area contributed by atoms with Crippen molar-refractivity contribution in [2.24, 2.45) is 0 Å². The summed E-state index contributed by atoms with van der Waals surface area (Å²) >= 11 is 0. The zero-order valence-electron chi connectivity index (χ0n) is 13.0. The van der Waals surface area contributed by atoms with Crippen molar-refractivity contribution in [2.75, 3.05) is 6.61 Å². The predicted octanol–water partition coefficient (Wildman–Crippen LogP) is 4.43. The van der Waals surface area contributed by atoms with Gasteiger partial charge in [0, 0.05) is 18.7 Å². The third-order valence-electron chi connectivity index (χ3n) is 5.02. The number of unbranched alkanes of at least 4 members (excludes halogenated alkanes) is 1. The molecule has 2 heteroatoms. The summed E-state index contributed by atoms with van der Waals surface area (Å²) in [5.41, 5.74) is 0.261. The summed E-state index contributed by atoms with van der Waals surface area (Å²) in [5, 5.41) is 3.96. The van der Waals surface area contributed by atoms with E-state index in [0.717, 1.165) is 12.6 Å². The second-order valence-electron chi connectivity index (χ2n) is 6.72. The van der Waals surface area contributed by atoms with Gasteiger partial charge in [-0.3, -0.25) is 0 Å². The Morgan fingerprint density at radius 1 is 1.16 bits per heavy atom. The lowest BCUT2D eigenvalue weighted by molar-refractivity contribution is -0.0849. The van der Waals surface area contributed by atoms with E-state index in [1.165, 1.54) is 70.6 Å². The lowest BCUT2D eigenvalue weighted by Gasteiger charge is -2.40. The summed E-state index contributed by atoms with van der Waals surface area (Å²) in [6, 6.07) is 1.45. The summed E-state index contributed by atoms with van der Waals surface area (Å²) in [5.74, 6) is 0. The molecule has 1 aliphatic heterocycles. The summed E-state index contributed by atoms with van der Waals surface area (Å²) < 4.78 is 6.14. The summed E-state index contributed by atoms with van der Waals surface area (Å²) in [7, 11) is 0. The van der Waals surface area contributed by atoms with Gasteiger partial charge < -0.3 is 10.1 Å². The molecule has 1 saturated heterocycles. The van der Waals surface area contributed by atoms with Crippen LogP contribution in [0.2, 0.25) is 0 Å². The van der Waals surface area contributed by atoms with E-state index in [-0.39, 0.29) is 5.60 Å². The molecule has 1 aliphatic carbocycles. The Bertz CT molecular complexity index is 248. The third-order valence-corrected chi connectivity index (χ3v) is 5.02. The molecule has 112 valence electrons. The van der Waals surface area contributed by atoms with Gasteiger partial charge in [-0.25, -0.2) is 0 Å². The predicted molar refractivity (Wildman–Crippen MR) is 81.5 cm³/mol. The van der Waals surface area contributed by atoms with E-state index in [2.05, 4.69) is 19.2 Å². The fourth-order valence-corrected chi connectivity index (χ4v) is 3.98. The van der Waals surface area contributed by atoms with Crippen LogP contribution in [0.5, 0.6) is 0 Å². The molecule has 0 radical (unpaired) electrons. The van der Waals surface area contributed by atoms with Crippen molar-refractivity contribution >= 4 is 0 Å². The van der Waals surface area contributed by atoms with E-state index in [1.54, 1.807) is 0 Å². The van der Waals surface area contributed by atoms with E-state index < -0.39 is 0 Å². The topological polar surface area (TPSA) is 21.3 Å². The van der Waals surface area contributed by atoms with E-state index in [1.807, 2.05) is 0 Å². The van der Waals surface area contributed by atoms with Crippen LogP contribution in [0.25, 0.3) is 0 Å². The number of hydrogen-bond donors (Lipinski definition) is 1. The molecule has 0 aromatic rings. The van der Waals surface area contributed by atoms with Crippen LogP contribution in [-0.2, 0) is 4.74 Å². The average molecular weight is 267 g/mol. The minimum atomic E-state index is 0.261. The zero-order chi connectivity index (χ0) is 13.6. The molecular formula is C17H33NO. The first-order valence-corrected chi connectivity index (χ1v) is 8.68. The van der Waals surface area contributed by atoms with Gasteiger partial charge >= 0.3 is 0 Å². The average Bonchev–Trinajstić information content (AvgIpc) is 2.84. The molecule has 2 unspecified atom stereocenters. The summed E-state index contributed by atoms with van der Waals surface area (Å²) in [6.07, 6.45) is 14.5. The number of nitrogens with one attached hydrogen (secondary N) is 1. The second-order valence-corrected chi connectivity index (χ2v) is 6.72. The lowest BCUT2D eigenvalue weighted by atomic mass is 9.88. The SMILES string of the molecule is CCCCC(CCC)NC1CCOC2(CCCC2)C1. The fraction of sp³-hybridized carbons (Fsp3) is 1.00. The highest BCUT2D eigenvalue weighted by atomic mass is 16.5. The Morgan fingerprint density at radius 3 is 2.63 bits per heavy atom. The molecule has 19 heavy (non-hydrogen) atoms. The van der Waals surface area contributed by atoms with Gasteiger partial charge in [0.15, 0.2) is 0 Å². The van der Waals surface area contributed by atoms with Gasteiger partial charge in [0.05, 0.1) is 5.60 Å². The maximum absolute atomic E-state index is 6.14. The number of hydrogen-bond acceptors (Lipinski definition) is 2. The van der Waals surface area contributed by atoms with Crippen LogP contribution in [0, 0.1) is 0 Å². The maximum atomic E-state index is 6.14. The quantitative estimate of drug-likeness (QED) is 0.737. The van der Waals surface area contributed by atoms with Gasteiger partial charge in [-0.1, -0.05) is 46.0 Å². The van der Waals surface area contributed by atoms with Crippen molar-refractivity contribution in [3.63, 3.8) is 0 Å². The highest BCUT2D eigenvalue weighted by Crippen LogP contribution is 2.40. The zero-order valence-corrected chi connectivity index (χ0v) is 13.0. The Kier molecular flexibility index (Phi) is 6.15. The molecule has 1 saturated carbocycles. The monoisotopic (exact) mass is 267 g/mol. The third kappa shape index (κ3) is 4.46. The van der Waals surface area contributed by atoms with Crippen molar-refractivity contribution < 1.29 is 4.74 Å². The van der Waals surface area contributed by atoms with Gasteiger partial charge in [0.25, 0.3) is 0 Å². The largest absolute Gasteiger partial charge is 0.375 e. The van der Waals surface area contributed by atoms with Crippen LogP contribution < -0.4 is 5.32 Å². The molecule has 2 aliphatic rings. The van der Waals surface area contributed by atoms with E-state index in [9.17, 15) is 0 Å². The molecule has 2 fully saturated rings. The highest BCUT2D eigenvalue weighted by Gasteiger charge is 2.40. The van der Waals surface area contributed by atoms with Gasteiger partial charge in [-0.2, -0.15) is 0 Å². The van der Waals surface area contributed by atoms with Gasteiger partial charge in [0.1, 0.15) is 0 Å². The molecule has 1 spiro atoms. The number of rotatable bonds is 7. The van der Waals surface area contributed by atoms with Crippen LogP contribution in [-0.4, -0.2) is 24.3 Å². The first-order valence-electron chi connectivity index (χ1n) is 8.68. The van der Waals surface area contributed by atoms with E-state index in [4.69, 9.17) is 4.74 Å². The van der Waals surface area contributed by atoms with Crippen LogP contribution >= 0.6 is 0 Å². The van der Waals surface area contributed by atoms with Crippen molar-refractivity contribution in [2.45, 2.75) is 102 Å². The lowest BCUT2D eigenvalue weighted by Crippen LogP contribution is -2.48. The van der Waals surface area contributed by atoms with Gasteiger partial charge in [-0.15, -0.1) is 0 Å². The minimum absolute atomic E-state index is 0.261. The van der Waals surface area contributed by atoms with Gasteiger partial charge in [0.2, 0.25) is 0 Å². The summed E-state index contributed by atoms with van der Waals surface area (Å²) in [6.45, 7) is 5.58.